The summed E-state index contributed by atoms with van der Waals surface area (Å²) in [4.78, 5) is 11.7. The van der Waals surface area contributed by atoms with Crippen molar-refractivity contribution in [2.75, 3.05) is 54.9 Å². The first kappa shape index (κ1) is 17.9. The van der Waals surface area contributed by atoms with Crippen molar-refractivity contribution in [2.45, 2.75) is 6.42 Å². The van der Waals surface area contributed by atoms with Gasteiger partial charge in [0.25, 0.3) is 0 Å². The predicted molar refractivity (Wildman–Crippen MR) is 116 cm³/mol. The maximum absolute atomic E-state index is 4.69. The molecule has 148 valence electrons. The van der Waals surface area contributed by atoms with Gasteiger partial charge in [0.05, 0.1) is 6.20 Å². The van der Waals surface area contributed by atoms with E-state index in [4.69, 9.17) is 4.98 Å². The Bertz CT molecular complexity index is 980. The molecule has 7 nitrogen and oxygen atoms in total. The zero-order valence-corrected chi connectivity index (χ0v) is 16.6. The van der Waals surface area contributed by atoms with Gasteiger partial charge in [-0.25, -0.2) is 0 Å². The molecule has 0 radical (unpaired) electrons. The van der Waals surface area contributed by atoms with Gasteiger partial charge in [-0.15, -0.1) is 5.10 Å². The summed E-state index contributed by atoms with van der Waals surface area (Å²) in [6.45, 7) is 5.25. The van der Waals surface area contributed by atoms with Crippen LogP contribution < -0.4 is 15.1 Å². The molecule has 0 saturated carbocycles. The van der Waals surface area contributed by atoms with Crippen LogP contribution in [-0.2, 0) is 6.42 Å². The van der Waals surface area contributed by atoms with Gasteiger partial charge in [0.2, 0.25) is 5.95 Å². The third kappa shape index (κ3) is 3.73. The van der Waals surface area contributed by atoms with Gasteiger partial charge >= 0.3 is 0 Å². The summed E-state index contributed by atoms with van der Waals surface area (Å²) in [6.07, 6.45) is 2.75. The molecule has 0 amide bonds. The molecule has 3 heterocycles. The number of likely N-dealkylation sites (N-methyl/N-ethyl adjacent to an activating group) is 1. The number of aromatic nitrogens is 3. The number of hydrogen-bond donors (Lipinski definition) is 1. The maximum atomic E-state index is 4.69. The highest BCUT2D eigenvalue weighted by Gasteiger charge is 2.21. The summed E-state index contributed by atoms with van der Waals surface area (Å²) in [5.74, 6) is 1.33. The quantitative estimate of drug-likeness (QED) is 0.738. The summed E-state index contributed by atoms with van der Waals surface area (Å²) in [5, 5.41) is 11.6. The maximum Gasteiger partial charge on any atom is 0.249 e. The minimum atomic E-state index is 0.513. The standard InChI is InChI=1S/C22H25N7/c1-27-12-14-28(15-13-27)19-8-6-18(7-9-19)24-22-25-21(16-23-26-22)29-11-10-17-4-2-3-5-20(17)29/h2-9,16H,10-15H2,1H3,(H,24,25,26). The Kier molecular flexibility index (Phi) is 4.73. The van der Waals surface area contributed by atoms with E-state index in [1.165, 1.54) is 16.9 Å². The summed E-state index contributed by atoms with van der Waals surface area (Å²) in [6, 6.07) is 16.9. The predicted octanol–water partition coefficient (Wildman–Crippen LogP) is 3.06. The lowest BCUT2D eigenvalue weighted by atomic mass is 10.2. The van der Waals surface area contributed by atoms with Gasteiger partial charge in [-0.2, -0.15) is 10.1 Å². The second-order valence-electron chi connectivity index (χ2n) is 7.63. The number of rotatable bonds is 4. The molecule has 1 N–H and O–H groups in total. The molecule has 2 aromatic carbocycles. The highest BCUT2D eigenvalue weighted by Crippen LogP contribution is 2.33. The van der Waals surface area contributed by atoms with Crippen molar-refractivity contribution in [1.29, 1.82) is 0 Å². The second kappa shape index (κ2) is 7.67. The molecule has 0 unspecified atom stereocenters. The van der Waals surface area contributed by atoms with Crippen molar-refractivity contribution < 1.29 is 0 Å². The number of para-hydroxylation sites is 1. The van der Waals surface area contributed by atoms with Crippen LogP contribution in [0.2, 0.25) is 0 Å². The van der Waals surface area contributed by atoms with Crippen LogP contribution in [-0.4, -0.2) is 59.9 Å². The Morgan fingerprint density at radius 3 is 2.52 bits per heavy atom. The number of piperazine rings is 1. The third-order valence-electron chi connectivity index (χ3n) is 5.70. The monoisotopic (exact) mass is 387 g/mol. The van der Waals surface area contributed by atoms with Crippen LogP contribution >= 0.6 is 0 Å². The molecule has 0 spiro atoms. The molecule has 1 aromatic heterocycles. The molecule has 3 aromatic rings. The molecule has 29 heavy (non-hydrogen) atoms. The van der Waals surface area contributed by atoms with E-state index in [1.54, 1.807) is 6.20 Å². The molecule has 0 atom stereocenters. The van der Waals surface area contributed by atoms with Crippen LogP contribution in [0, 0.1) is 0 Å². The van der Waals surface area contributed by atoms with Gasteiger partial charge in [-0.1, -0.05) is 18.2 Å². The van der Waals surface area contributed by atoms with E-state index >= 15 is 0 Å². The topological polar surface area (TPSA) is 60.4 Å². The number of benzene rings is 2. The van der Waals surface area contributed by atoms with Gasteiger partial charge in [0.1, 0.15) is 0 Å². The van der Waals surface area contributed by atoms with Crippen LogP contribution in [0.4, 0.5) is 28.8 Å². The van der Waals surface area contributed by atoms with Crippen molar-refractivity contribution in [1.82, 2.24) is 20.1 Å². The van der Waals surface area contributed by atoms with Crippen LogP contribution in [0.5, 0.6) is 0 Å². The molecule has 2 aliphatic rings. The van der Waals surface area contributed by atoms with E-state index in [0.29, 0.717) is 5.95 Å². The van der Waals surface area contributed by atoms with Crippen molar-refractivity contribution in [2.24, 2.45) is 0 Å². The first-order valence-corrected chi connectivity index (χ1v) is 10.1. The fourth-order valence-electron chi connectivity index (χ4n) is 4.00. The van der Waals surface area contributed by atoms with Crippen LogP contribution in [0.15, 0.2) is 54.7 Å². The smallest absolute Gasteiger partial charge is 0.249 e. The Morgan fingerprint density at radius 1 is 0.897 bits per heavy atom. The van der Waals surface area contributed by atoms with Gasteiger partial charge in [-0.05, 0) is 49.4 Å². The molecular formula is C22H25N7. The minimum Gasteiger partial charge on any atom is -0.369 e. The van der Waals surface area contributed by atoms with Crippen molar-refractivity contribution in [3.8, 4) is 0 Å². The molecule has 1 saturated heterocycles. The summed E-state index contributed by atoms with van der Waals surface area (Å²) >= 11 is 0. The summed E-state index contributed by atoms with van der Waals surface area (Å²) in [5.41, 5.74) is 4.77. The average molecular weight is 387 g/mol. The van der Waals surface area contributed by atoms with Gasteiger partial charge in [0, 0.05) is 49.8 Å². The van der Waals surface area contributed by atoms with Gasteiger partial charge in [0.15, 0.2) is 5.82 Å². The Hall–Kier alpha value is -3.19. The fraction of sp³-hybridized carbons (Fsp3) is 0.318. The molecular weight excluding hydrogens is 362 g/mol. The van der Waals surface area contributed by atoms with Gasteiger partial charge < -0.3 is 20.0 Å². The van der Waals surface area contributed by atoms with E-state index in [9.17, 15) is 0 Å². The summed E-state index contributed by atoms with van der Waals surface area (Å²) in [7, 11) is 2.17. The lowest BCUT2D eigenvalue weighted by Gasteiger charge is -2.34. The number of nitrogens with one attached hydrogen (secondary N) is 1. The zero-order valence-electron chi connectivity index (χ0n) is 16.6. The van der Waals surface area contributed by atoms with Crippen molar-refractivity contribution >= 4 is 28.8 Å². The minimum absolute atomic E-state index is 0.513. The van der Waals surface area contributed by atoms with Crippen LogP contribution in [0.3, 0.4) is 0 Å². The molecule has 5 rings (SSSR count). The lowest BCUT2D eigenvalue weighted by Crippen LogP contribution is -2.44. The second-order valence-corrected chi connectivity index (χ2v) is 7.63. The molecule has 1 fully saturated rings. The van der Waals surface area contributed by atoms with E-state index < -0.39 is 0 Å². The highest BCUT2D eigenvalue weighted by molar-refractivity contribution is 5.68. The van der Waals surface area contributed by atoms with Crippen molar-refractivity contribution in [3.05, 3.63) is 60.3 Å². The normalized spacial score (nSPS) is 16.7. The van der Waals surface area contributed by atoms with E-state index in [1.807, 2.05) is 0 Å². The van der Waals surface area contributed by atoms with E-state index in [2.05, 4.69) is 85.8 Å². The summed E-state index contributed by atoms with van der Waals surface area (Å²) < 4.78 is 0. The Morgan fingerprint density at radius 2 is 1.69 bits per heavy atom. The average Bonchev–Trinajstić information content (AvgIpc) is 3.19. The fourth-order valence-corrected chi connectivity index (χ4v) is 4.00. The third-order valence-corrected chi connectivity index (χ3v) is 5.70. The van der Waals surface area contributed by atoms with Crippen molar-refractivity contribution in [3.63, 3.8) is 0 Å². The number of nitrogens with zero attached hydrogens (tertiary/aromatic N) is 6. The van der Waals surface area contributed by atoms with E-state index in [-0.39, 0.29) is 0 Å². The Labute approximate surface area is 171 Å². The largest absolute Gasteiger partial charge is 0.369 e. The molecule has 7 heteroatoms. The first-order chi connectivity index (χ1) is 14.3. The highest BCUT2D eigenvalue weighted by atomic mass is 15.3. The van der Waals surface area contributed by atoms with Crippen LogP contribution in [0.1, 0.15) is 5.56 Å². The number of anilines is 5. The SMILES string of the molecule is CN1CCN(c2ccc(Nc3nncc(N4CCc5ccccc54)n3)cc2)CC1. The number of hydrogen-bond acceptors (Lipinski definition) is 7. The van der Waals surface area contributed by atoms with E-state index in [0.717, 1.165) is 50.6 Å². The number of fused-ring (bicyclic) bond motifs is 1. The van der Waals surface area contributed by atoms with Gasteiger partial charge in [-0.3, -0.25) is 0 Å². The van der Waals surface area contributed by atoms with Crippen LogP contribution in [0.25, 0.3) is 0 Å². The lowest BCUT2D eigenvalue weighted by molar-refractivity contribution is 0.313. The zero-order chi connectivity index (χ0) is 19.6. The first-order valence-electron chi connectivity index (χ1n) is 10.1. The molecule has 0 bridgehead atoms. The molecule has 0 aliphatic carbocycles. The Balaban J connectivity index is 1.30. The molecule has 2 aliphatic heterocycles.